The molecule has 2 aromatic rings. The fourth-order valence-electron chi connectivity index (χ4n) is 3.77. The van der Waals surface area contributed by atoms with Gasteiger partial charge in [-0.1, -0.05) is 60.7 Å². The van der Waals surface area contributed by atoms with E-state index in [9.17, 15) is 4.79 Å². The van der Waals surface area contributed by atoms with Crippen molar-refractivity contribution in [2.45, 2.75) is 25.3 Å². The monoisotopic (exact) mass is 365 g/mol. The summed E-state index contributed by atoms with van der Waals surface area (Å²) in [5.41, 5.74) is 7.82. The van der Waals surface area contributed by atoms with E-state index in [1.165, 1.54) is 11.1 Å². The van der Waals surface area contributed by atoms with E-state index in [-0.39, 0.29) is 18.3 Å². The van der Waals surface area contributed by atoms with Crippen molar-refractivity contribution in [3.63, 3.8) is 0 Å². The fourth-order valence-corrected chi connectivity index (χ4v) is 3.77. The highest BCUT2D eigenvalue weighted by Gasteiger charge is 2.28. The van der Waals surface area contributed by atoms with E-state index < -0.39 is 5.97 Å². The van der Waals surface area contributed by atoms with Gasteiger partial charge >= 0.3 is 5.97 Å². The molecular formula is C22H27N3O2. The molecule has 0 radical (unpaired) electrons. The van der Waals surface area contributed by atoms with Crippen LogP contribution in [-0.4, -0.2) is 36.4 Å². The molecule has 5 nitrogen and oxygen atoms in total. The second-order valence-electron chi connectivity index (χ2n) is 7.11. The van der Waals surface area contributed by atoms with Gasteiger partial charge in [-0.05, 0) is 30.5 Å². The molecule has 0 spiro atoms. The van der Waals surface area contributed by atoms with Gasteiger partial charge in [-0.2, -0.15) is 0 Å². The minimum Gasteiger partial charge on any atom is -0.465 e. The summed E-state index contributed by atoms with van der Waals surface area (Å²) in [6.45, 7) is 2.28. The van der Waals surface area contributed by atoms with Crippen molar-refractivity contribution < 1.29 is 9.53 Å². The predicted octanol–water partition coefficient (Wildman–Crippen LogP) is 3.36. The Bertz CT molecular complexity index is 709. The van der Waals surface area contributed by atoms with Crippen molar-refractivity contribution in [2.24, 2.45) is 11.7 Å². The molecule has 0 amide bonds. The predicted molar refractivity (Wildman–Crippen MR) is 107 cm³/mol. The fraction of sp³-hybridized carbons (Fsp3) is 0.364. The Morgan fingerprint density at radius 2 is 1.70 bits per heavy atom. The number of likely N-dealkylation sites (tertiary alicyclic amines) is 1. The molecule has 1 aliphatic rings. The molecule has 1 saturated heterocycles. The summed E-state index contributed by atoms with van der Waals surface area (Å²) >= 11 is 0. The SMILES string of the molecule is N=C(N)CC(=O)OCC1CCCN(C(c2ccccc2)c2ccccc2)C1. The lowest BCUT2D eigenvalue weighted by molar-refractivity contribution is -0.144. The van der Waals surface area contributed by atoms with E-state index in [4.69, 9.17) is 15.9 Å². The van der Waals surface area contributed by atoms with E-state index in [0.717, 1.165) is 25.9 Å². The van der Waals surface area contributed by atoms with Gasteiger partial charge < -0.3 is 10.5 Å². The smallest absolute Gasteiger partial charge is 0.313 e. The highest BCUT2D eigenvalue weighted by atomic mass is 16.5. The Morgan fingerprint density at radius 1 is 1.11 bits per heavy atom. The third-order valence-corrected chi connectivity index (χ3v) is 4.96. The first-order chi connectivity index (χ1) is 13.1. The number of rotatable bonds is 7. The number of nitrogens with one attached hydrogen (secondary N) is 1. The molecule has 0 aliphatic carbocycles. The Hall–Kier alpha value is -2.66. The number of hydrogen-bond donors (Lipinski definition) is 2. The van der Waals surface area contributed by atoms with Gasteiger partial charge in [-0.25, -0.2) is 0 Å². The molecule has 5 heteroatoms. The molecule has 3 N–H and O–H groups in total. The van der Waals surface area contributed by atoms with E-state index in [1.54, 1.807) is 0 Å². The second kappa shape index (κ2) is 9.33. The molecule has 142 valence electrons. The van der Waals surface area contributed by atoms with Gasteiger partial charge in [0.05, 0.1) is 12.6 Å². The van der Waals surface area contributed by atoms with Crippen LogP contribution in [0.25, 0.3) is 0 Å². The maximum absolute atomic E-state index is 11.7. The van der Waals surface area contributed by atoms with E-state index in [1.807, 2.05) is 12.1 Å². The lowest BCUT2D eigenvalue weighted by Crippen LogP contribution is -2.40. The van der Waals surface area contributed by atoms with Crippen LogP contribution in [-0.2, 0) is 9.53 Å². The molecule has 2 aromatic carbocycles. The lowest BCUT2D eigenvalue weighted by Gasteiger charge is -2.38. The zero-order valence-corrected chi connectivity index (χ0v) is 15.5. The van der Waals surface area contributed by atoms with Crippen LogP contribution in [0.15, 0.2) is 60.7 Å². The number of benzene rings is 2. The van der Waals surface area contributed by atoms with Crippen LogP contribution in [0.5, 0.6) is 0 Å². The number of nitrogens with zero attached hydrogens (tertiary/aromatic N) is 1. The number of carbonyl (C=O) groups excluding carboxylic acids is 1. The number of nitrogens with two attached hydrogens (primary N) is 1. The summed E-state index contributed by atoms with van der Waals surface area (Å²) in [5, 5.41) is 7.20. The van der Waals surface area contributed by atoms with Gasteiger partial charge in [-0.15, -0.1) is 0 Å². The van der Waals surface area contributed by atoms with Crippen LogP contribution in [0.3, 0.4) is 0 Å². The molecule has 0 aromatic heterocycles. The first kappa shape index (κ1) is 19.1. The molecular weight excluding hydrogens is 338 g/mol. The third kappa shape index (κ3) is 5.41. The van der Waals surface area contributed by atoms with E-state index in [0.29, 0.717) is 12.5 Å². The second-order valence-corrected chi connectivity index (χ2v) is 7.11. The first-order valence-corrected chi connectivity index (χ1v) is 9.46. The Balaban J connectivity index is 1.71. The van der Waals surface area contributed by atoms with E-state index >= 15 is 0 Å². The molecule has 1 unspecified atom stereocenters. The third-order valence-electron chi connectivity index (χ3n) is 4.96. The normalized spacial score (nSPS) is 17.6. The molecule has 1 fully saturated rings. The highest BCUT2D eigenvalue weighted by molar-refractivity contribution is 5.94. The van der Waals surface area contributed by atoms with Crippen molar-refractivity contribution in [3.8, 4) is 0 Å². The van der Waals surface area contributed by atoms with Crippen molar-refractivity contribution in [1.29, 1.82) is 5.41 Å². The zero-order valence-electron chi connectivity index (χ0n) is 15.5. The van der Waals surface area contributed by atoms with Gasteiger partial charge in [0.2, 0.25) is 0 Å². The lowest BCUT2D eigenvalue weighted by atomic mass is 9.92. The number of piperidine rings is 1. The first-order valence-electron chi connectivity index (χ1n) is 9.46. The molecule has 1 aliphatic heterocycles. The van der Waals surface area contributed by atoms with Crippen LogP contribution < -0.4 is 5.73 Å². The maximum Gasteiger partial charge on any atom is 0.313 e. The molecule has 0 bridgehead atoms. The van der Waals surface area contributed by atoms with Crippen molar-refractivity contribution in [2.75, 3.05) is 19.7 Å². The van der Waals surface area contributed by atoms with Crippen molar-refractivity contribution in [1.82, 2.24) is 4.90 Å². The topological polar surface area (TPSA) is 79.4 Å². The quantitative estimate of drug-likeness (QED) is 0.448. The average molecular weight is 365 g/mol. The van der Waals surface area contributed by atoms with Gasteiger partial charge in [-0.3, -0.25) is 15.1 Å². The summed E-state index contributed by atoms with van der Waals surface area (Å²) < 4.78 is 5.35. The Labute approximate surface area is 160 Å². The molecule has 0 saturated carbocycles. The number of esters is 1. The van der Waals surface area contributed by atoms with Crippen molar-refractivity contribution >= 4 is 11.8 Å². The molecule has 27 heavy (non-hydrogen) atoms. The summed E-state index contributed by atoms with van der Waals surface area (Å²) in [4.78, 5) is 14.2. The minimum atomic E-state index is -0.415. The van der Waals surface area contributed by atoms with Gasteiger partial charge in [0.15, 0.2) is 0 Å². The maximum atomic E-state index is 11.7. The minimum absolute atomic E-state index is 0.132. The summed E-state index contributed by atoms with van der Waals surface area (Å²) in [5.74, 6) is -0.273. The largest absolute Gasteiger partial charge is 0.465 e. The van der Waals surface area contributed by atoms with Gasteiger partial charge in [0, 0.05) is 12.5 Å². The zero-order chi connectivity index (χ0) is 19.1. The van der Waals surface area contributed by atoms with Crippen LogP contribution in [0.4, 0.5) is 0 Å². The summed E-state index contributed by atoms with van der Waals surface area (Å²) in [6.07, 6.45) is 1.98. The Kier molecular flexibility index (Phi) is 6.60. The van der Waals surface area contributed by atoms with Gasteiger partial charge in [0.25, 0.3) is 0 Å². The molecule has 1 heterocycles. The van der Waals surface area contributed by atoms with E-state index in [2.05, 4.69) is 53.4 Å². The number of hydrogen-bond acceptors (Lipinski definition) is 4. The van der Waals surface area contributed by atoms with Crippen molar-refractivity contribution in [3.05, 3.63) is 71.8 Å². The van der Waals surface area contributed by atoms with Crippen LogP contribution in [0.2, 0.25) is 0 Å². The van der Waals surface area contributed by atoms with Crippen LogP contribution in [0.1, 0.15) is 36.4 Å². The Morgan fingerprint density at radius 3 is 2.26 bits per heavy atom. The van der Waals surface area contributed by atoms with Gasteiger partial charge in [0.1, 0.15) is 12.3 Å². The number of amidine groups is 1. The summed E-state index contributed by atoms with van der Waals surface area (Å²) in [6, 6.07) is 21.3. The molecule has 1 atom stereocenters. The average Bonchev–Trinajstić information content (AvgIpc) is 2.68. The number of ether oxygens (including phenoxy) is 1. The van der Waals surface area contributed by atoms with Crippen LogP contribution in [0, 0.1) is 11.3 Å². The number of carbonyl (C=O) groups is 1. The standard InChI is InChI=1S/C22H27N3O2/c23-20(24)14-21(26)27-16-17-8-7-13-25(15-17)22(18-9-3-1-4-10-18)19-11-5-2-6-12-19/h1-6,9-12,17,22H,7-8,13-16H2,(H3,23,24). The summed E-state index contributed by atoms with van der Waals surface area (Å²) in [7, 11) is 0. The van der Waals surface area contributed by atoms with Crippen LogP contribution >= 0.6 is 0 Å². The highest BCUT2D eigenvalue weighted by Crippen LogP contribution is 2.32. The molecule has 3 rings (SSSR count).